The van der Waals surface area contributed by atoms with Gasteiger partial charge in [0, 0.05) is 11.0 Å². The molecule has 1 fully saturated rings. The molecule has 3 rings (SSSR count). The van der Waals surface area contributed by atoms with Crippen molar-refractivity contribution in [3.8, 4) is 0 Å². The van der Waals surface area contributed by atoms with Crippen LogP contribution >= 0.6 is 0 Å². The van der Waals surface area contributed by atoms with Crippen LogP contribution in [0.4, 0.5) is 0 Å². The number of fused-ring (bicyclic) bond motifs is 1. The van der Waals surface area contributed by atoms with Crippen molar-refractivity contribution < 1.29 is 15.0 Å². The normalized spacial score (nSPS) is 33.8. The number of aliphatic hydroxyl groups is 2. The topological polar surface area (TPSA) is 57.5 Å². The molecule has 0 amide bonds. The minimum absolute atomic E-state index is 0.0574. The van der Waals surface area contributed by atoms with E-state index >= 15 is 0 Å². The summed E-state index contributed by atoms with van der Waals surface area (Å²) in [5.74, 6) is -0.199. The van der Waals surface area contributed by atoms with Crippen LogP contribution in [0.1, 0.15) is 26.7 Å². The summed E-state index contributed by atoms with van der Waals surface area (Å²) in [6, 6.07) is 0. The van der Waals surface area contributed by atoms with Crippen LogP contribution in [0.3, 0.4) is 0 Å². The van der Waals surface area contributed by atoms with Crippen molar-refractivity contribution in [1.82, 2.24) is 0 Å². The number of aliphatic hydroxyl groups excluding tert-OH is 1. The predicted octanol–water partition coefficient (Wildman–Crippen LogP) is 1.28. The van der Waals surface area contributed by atoms with E-state index in [1.807, 2.05) is 6.92 Å². The minimum atomic E-state index is -1.29. The van der Waals surface area contributed by atoms with Gasteiger partial charge in [0.15, 0.2) is 5.78 Å². The monoisotopic (exact) mass is 232 g/mol. The number of hydrogen-bond donors (Lipinski definition) is 2. The Kier molecular flexibility index (Phi) is 1.91. The van der Waals surface area contributed by atoms with Crippen molar-refractivity contribution in [3.05, 3.63) is 34.4 Å². The summed E-state index contributed by atoms with van der Waals surface area (Å²) in [4.78, 5) is 12.3. The molecule has 90 valence electrons. The van der Waals surface area contributed by atoms with Gasteiger partial charge in [-0.25, -0.2) is 0 Å². The van der Waals surface area contributed by atoms with E-state index < -0.39 is 5.60 Å². The quantitative estimate of drug-likeness (QED) is 0.716. The highest BCUT2D eigenvalue weighted by atomic mass is 16.3. The molecule has 0 aromatic carbocycles. The molecule has 1 atom stereocenters. The van der Waals surface area contributed by atoms with Crippen LogP contribution in [0.25, 0.3) is 0 Å². The molecule has 0 radical (unpaired) electrons. The van der Waals surface area contributed by atoms with Crippen molar-refractivity contribution in [2.75, 3.05) is 6.61 Å². The number of Topliss-reactive ketones (excluding diaryl/α,β-unsaturated/α-hetero) is 1. The van der Waals surface area contributed by atoms with Crippen LogP contribution in [0.2, 0.25) is 0 Å². The molecule has 0 saturated heterocycles. The number of allylic oxidation sites excluding steroid dienone is 2. The van der Waals surface area contributed by atoms with Crippen molar-refractivity contribution >= 4 is 5.78 Å². The molecule has 0 aliphatic heterocycles. The van der Waals surface area contributed by atoms with Crippen molar-refractivity contribution in [2.45, 2.75) is 32.3 Å². The van der Waals surface area contributed by atoms with Crippen molar-refractivity contribution in [1.29, 1.82) is 0 Å². The first-order chi connectivity index (χ1) is 7.95. The molecule has 0 bridgehead atoms. The van der Waals surface area contributed by atoms with Gasteiger partial charge in [-0.1, -0.05) is 17.7 Å². The fourth-order valence-corrected chi connectivity index (χ4v) is 3.36. The Labute approximate surface area is 100 Å². The molecule has 0 unspecified atom stereocenters. The Morgan fingerprint density at radius 2 is 2.00 bits per heavy atom. The van der Waals surface area contributed by atoms with Gasteiger partial charge in [0.1, 0.15) is 5.60 Å². The lowest BCUT2D eigenvalue weighted by Gasteiger charge is -2.39. The molecular formula is C14H16O3. The van der Waals surface area contributed by atoms with Crippen molar-refractivity contribution in [3.63, 3.8) is 0 Å². The van der Waals surface area contributed by atoms with Crippen LogP contribution in [0.5, 0.6) is 0 Å². The van der Waals surface area contributed by atoms with Crippen LogP contribution in [0.15, 0.2) is 34.4 Å². The molecule has 2 N–H and O–H groups in total. The highest BCUT2D eigenvalue weighted by Crippen LogP contribution is 2.64. The van der Waals surface area contributed by atoms with Gasteiger partial charge in [0.2, 0.25) is 0 Å². The lowest BCUT2D eigenvalue weighted by molar-refractivity contribution is -0.137. The Bertz CT molecular complexity index is 514. The van der Waals surface area contributed by atoms with Crippen LogP contribution < -0.4 is 0 Å². The third-order valence-electron chi connectivity index (χ3n) is 4.67. The SMILES string of the molecule is CC1=C2C(CO)=CC=C2C(=O)[C@](C)(O)C12CC2. The first-order valence-electron chi connectivity index (χ1n) is 5.97. The zero-order chi connectivity index (χ0) is 12.4. The van der Waals surface area contributed by atoms with E-state index in [1.165, 1.54) is 0 Å². The molecule has 1 spiro atoms. The maximum Gasteiger partial charge on any atom is 0.195 e. The maximum atomic E-state index is 12.3. The summed E-state index contributed by atoms with van der Waals surface area (Å²) in [7, 11) is 0. The summed E-state index contributed by atoms with van der Waals surface area (Å²) in [6.45, 7) is 3.55. The van der Waals surface area contributed by atoms with E-state index in [4.69, 9.17) is 0 Å². The lowest BCUT2D eigenvalue weighted by Crippen LogP contribution is -2.49. The first kappa shape index (κ1) is 10.9. The van der Waals surface area contributed by atoms with E-state index in [0.717, 1.165) is 29.6 Å². The molecule has 3 aliphatic carbocycles. The molecule has 3 heteroatoms. The van der Waals surface area contributed by atoms with E-state index in [0.29, 0.717) is 5.57 Å². The predicted molar refractivity (Wildman–Crippen MR) is 63.2 cm³/mol. The zero-order valence-electron chi connectivity index (χ0n) is 10.1. The summed E-state index contributed by atoms with van der Waals surface area (Å²) >= 11 is 0. The van der Waals surface area contributed by atoms with Crippen LogP contribution in [-0.2, 0) is 4.79 Å². The lowest BCUT2D eigenvalue weighted by atomic mass is 9.67. The first-order valence-corrected chi connectivity index (χ1v) is 5.97. The molecule has 0 heterocycles. The third-order valence-corrected chi connectivity index (χ3v) is 4.67. The largest absolute Gasteiger partial charge is 0.392 e. The summed E-state index contributed by atoms with van der Waals surface area (Å²) in [5, 5.41) is 19.8. The Hall–Kier alpha value is -1.19. The molecule has 0 aromatic heterocycles. The molecular weight excluding hydrogens is 216 g/mol. The van der Waals surface area contributed by atoms with Gasteiger partial charge >= 0.3 is 0 Å². The number of ketones is 1. The molecule has 17 heavy (non-hydrogen) atoms. The summed E-state index contributed by atoms with van der Waals surface area (Å²) in [6.07, 6.45) is 5.21. The van der Waals surface area contributed by atoms with Crippen LogP contribution in [0, 0.1) is 5.41 Å². The number of rotatable bonds is 1. The van der Waals surface area contributed by atoms with Crippen molar-refractivity contribution in [2.24, 2.45) is 5.41 Å². The highest BCUT2D eigenvalue weighted by molar-refractivity contribution is 6.10. The Morgan fingerprint density at radius 3 is 2.53 bits per heavy atom. The van der Waals surface area contributed by atoms with E-state index in [1.54, 1.807) is 19.1 Å². The van der Waals surface area contributed by atoms with Gasteiger partial charge in [0.05, 0.1) is 6.61 Å². The number of hydrogen-bond acceptors (Lipinski definition) is 3. The standard InChI is InChI=1S/C14H16O3/c1-8-11-9(7-15)3-4-10(11)12(16)13(2,17)14(8)5-6-14/h3-4,15,17H,5-7H2,1-2H3/t13-/m0/s1. The van der Waals surface area contributed by atoms with E-state index in [-0.39, 0.29) is 17.8 Å². The van der Waals surface area contributed by atoms with Gasteiger partial charge in [-0.15, -0.1) is 0 Å². The fourth-order valence-electron chi connectivity index (χ4n) is 3.36. The van der Waals surface area contributed by atoms with Gasteiger partial charge in [-0.2, -0.15) is 0 Å². The summed E-state index contributed by atoms with van der Waals surface area (Å²) in [5.41, 5.74) is 1.63. The Balaban J connectivity index is 2.24. The molecule has 0 aromatic rings. The van der Waals surface area contributed by atoms with Crippen LogP contribution in [-0.4, -0.2) is 28.2 Å². The zero-order valence-corrected chi connectivity index (χ0v) is 10.1. The molecule has 1 saturated carbocycles. The summed E-state index contributed by atoms with van der Waals surface area (Å²) < 4.78 is 0. The number of carbonyl (C=O) groups excluding carboxylic acids is 1. The fraction of sp³-hybridized carbons (Fsp3) is 0.500. The molecule has 3 nitrogen and oxygen atoms in total. The minimum Gasteiger partial charge on any atom is -0.392 e. The second kappa shape index (κ2) is 2.98. The average Bonchev–Trinajstić information content (AvgIpc) is 3.00. The second-order valence-electron chi connectivity index (χ2n) is 5.41. The average molecular weight is 232 g/mol. The molecule has 3 aliphatic rings. The van der Waals surface area contributed by atoms with E-state index in [9.17, 15) is 15.0 Å². The Morgan fingerprint density at radius 1 is 1.35 bits per heavy atom. The van der Waals surface area contributed by atoms with Gasteiger partial charge in [-0.05, 0) is 37.8 Å². The van der Waals surface area contributed by atoms with Gasteiger partial charge in [0.25, 0.3) is 0 Å². The smallest absolute Gasteiger partial charge is 0.195 e. The second-order valence-corrected chi connectivity index (χ2v) is 5.41. The number of carbonyl (C=O) groups is 1. The van der Waals surface area contributed by atoms with Gasteiger partial charge in [-0.3, -0.25) is 4.79 Å². The maximum absolute atomic E-state index is 12.3. The highest BCUT2D eigenvalue weighted by Gasteiger charge is 2.64. The van der Waals surface area contributed by atoms with Gasteiger partial charge < -0.3 is 10.2 Å². The van der Waals surface area contributed by atoms with E-state index in [2.05, 4.69) is 0 Å². The third kappa shape index (κ3) is 1.06.